The van der Waals surface area contributed by atoms with Crippen LogP contribution < -0.4 is 15.8 Å². The maximum Gasteiger partial charge on any atom is 0.228 e. The summed E-state index contributed by atoms with van der Waals surface area (Å²) in [6.45, 7) is 0.394. The number of hydrogen-bond acceptors (Lipinski definition) is 4. The Morgan fingerprint density at radius 2 is 2.00 bits per heavy atom. The molecule has 150 valence electrons. The number of nitrogens with one attached hydrogen (secondary N) is 2. The molecule has 0 spiro atoms. The predicted molar refractivity (Wildman–Crippen MR) is 117 cm³/mol. The van der Waals surface area contributed by atoms with Gasteiger partial charge in [-0.25, -0.2) is 0 Å². The van der Waals surface area contributed by atoms with E-state index in [0.29, 0.717) is 18.8 Å². The molecule has 6 nitrogen and oxygen atoms in total. The first-order chi connectivity index (χ1) is 14.7. The maximum absolute atomic E-state index is 11.6. The van der Waals surface area contributed by atoms with E-state index in [1.54, 1.807) is 12.4 Å². The third-order valence-corrected chi connectivity index (χ3v) is 5.40. The van der Waals surface area contributed by atoms with Crippen LogP contribution in [0.3, 0.4) is 0 Å². The first-order valence-electron chi connectivity index (χ1n) is 9.97. The van der Waals surface area contributed by atoms with E-state index >= 15 is 0 Å². The van der Waals surface area contributed by atoms with Crippen LogP contribution in [0.1, 0.15) is 11.1 Å². The number of ether oxygens (including phenoxy) is 1. The summed E-state index contributed by atoms with van der Waals surface area (Å²) in [4.78, 5) is 19.2. The van der Waals surface area contributed by atoms with E-state index in [9.17, 15) is 4.79 Å². The topological polar surface area (TPSA) is 93.0 Å². The highest BCUT2D eigenvalue weighted by molar-refractivity contribution is 6.00. The minimum absolute atomic E-state index is 0.0292. The molecule has 1 amide bonds. The summed E-state index contributed by atoms with van der Waals surface area (Å²) >= 11 is 0. The van der Waals surface area contributed by atoms with Gasteiger partial charge in [-0.2, -0.15) is 0 Å². The predicted octanol–water partition coefficient (Wildman–Crippen LogP) is 3.67. The van der Waals surface area contributed by atoms with Gasteiger partial charge >= 0.3 is 0 Å². The fraction of sp³-hybridized carbons (Fsp3) is 0.167. The highest BCUT2D eigenvalue weighted by Crippen LogP contribution is 2.30. The third-order valence-electron chi connectivity index (χ3n) is 5.40. The summed E-state index contributed by atoms with van der Waals surface area (Å²) in [5, 5.41) is 4.08. The van der Waals surface area contributed by atoms with E-state index < -0.39 is 0 Å². The van der Waals surface area contributed by atoms with Crippen molar-refractivity contribution in [3.63, 3.8) is 0 Å². The van der Waals surface area contributed by atoms with Crippen LogP contribution in [0.5, 0.6) is 5.75 Å². The number of fused-ring (bicyclic) bond motifs is 2. The highest BCUT2D eigenvalue weighted by atomic mass is 16.5. The first kappa shape index (κ1) is 18.4. The van der Waals surface area contributed by atoms with E-state index in [2.05, 4.69) is 27.4 Å². The summed E-state index contributed by atoms with van der Waals surface area (Å²) in [6, 6.07) is 16.0. The molecule has 0 aliphatic carbocycles. The van der Waals surface area contributed by atoms with Crippen molar-refractivity contribution in [3.8, 4) is 16.9 Å². The second-order valence-electron chi connectivity index (χ2n) is 7.64. The molecule has 1 aliphatic rings. The van der Waals surface area contributed by atoms with Gasteiger partial charge < -0.3 is 20.8 Å². The molecule has 5 rings (SSSR count). The van der Waals surface area contributed by atoms with Crippen LogP contribution in [0.15, 0.2) is 67.1 Å². The molecule has 0 fully saturated rings. The Hall–Kier alpha value is -3.64. The summed E-state index contributed by atoms with van der Waals surface area (Å²) in [5.74, 6) is 0.702. The second kappa shape index (κ2) is 7.65. The number of nitrogens with two attached hydrogens (primary N) is 1. The Kier molecular flexibility index (Phi) is 4.69. The Balaban J connectivity index is 1.26. The zero-order valence-electron chi connectivity index (χ0n) is 16.4. The molecule has 0 saturated carbocycles. The second-order valence-corrected chi connectivity index (χ2v) is 7.64. The van der Waals surface area contributed by atoms with Gasteiger partial charge in [-0.1, -0.05) is 30.3 Å². The number of nitrogens with zero attached hydrogens (tertiary/aromatic N) is 1. The minimum Gasteiger partial charge on any atom is -0.490 e. The van der Waals surface area contributed by atoms with E-state index in [4.69, 9.17) is 10.5 Å². The lowest BCUT2D eigenvalue weighted by atomic mass is 10.0. The average molecular weight is 398 g/mol. The van der Waals surface area contributed by atoms with Gasteiger partial charge in [-0.15, -0.1) is 0 Å². The van der Waals surface area contributed by atoms with E-state index in [1.165, 1.54) is 10.9 Å². The number of pyridine rings is 1. The molecule has 3 heterocycles. The summed E-state index contributed by atoms with van der Waals surface area (Å²) in [5.41, 5.74) is 12.4. The number of anilines is 1. The molecule has 0 radical (unpaired) electrons. The molecule has 6 heteroatoms. The van der Waals surface area contributed by atoms with Crippen molar-refractivity contribution in [1.29, 1.82) is 0 Å². The van der Waals surface area contributed by atoms with Crippen LogP contribution in [0.4, 0.5) is 5.69 Å². The van der Waals surface area contributed by atoms with Crippen molar-refractivity contribution < 1.29 is 9.53 Å². The van der Waals surface area contributed by atoms with Gasteiger partial charge in [-0.3, -0.25) is 9.78 Å². The molecule has 4 N–H and O–H groups in total. The molecule has 1 atom stereocenters. The standard InChI is InChI=1S/C24H22N4O2/c25-19(7-18-12-27-22-4-2-1-3-21(18)22)14-30-20-8-17(11-26-13-20)15-5-6-16-10-24(29)28-23(16)9-15/h1-6,8-9,11-13,19,27H,7,10,14,25H2,(H,28,29)/t19-/m0/s1. The number of para-hydroxylation sites is 1. The molecular weight excluding hydrogens is 376 g/mol. The number of carbonyl (C=O) groups excluding carboxylic acids is 1. The van der Waals surface area contributed by atoms with Crippen LogP contribution >= 0.6 is 0 Å². The van der Waals surface area contributed by atoms with Crippen LogP contribution in [-0.2, 0) is 17.6 Å². The Morgan fingerprint density at radius 1 is 1.10 bits per heavy atom. The Bertz CT molecular complexity index is 1230. The summed E-state index contributed by atoms with van der Waals surface area (Å²) < 4.78 is 5.93. The molecule has 0 saturated heterocycles. The summed E-state index contributed by atoms with van der Waals surface area (Å²) in [7, 11) is 0. The van der Waals surface area contributed by atoms with Crippen LogP contribution in [0.2, 0.25) is 0 Å². The quantitative estimate of drug-likeness (QED) is 0.462. The van der Waals surface area contributed by atoms with Gasteiger partial charge in [0.25, 0.3) is 0 Å². The fourth-order valence-electron chi connectivity index (χ4n) is 3.89. The smallest absolute Gasteiger partial charge is 0.228 e. The molecule has 30 heavy (non-hydrogen) atoms. The molecule has 2 aromatic carbocycles. The van der Waals surface area contributed by atoms with E-state index in [-0.39, 0.29) is 11.9 Å². The van der Waals surface area contributed by atoms with Crippen molar-refractivity contribution in [2.45, 2.75) is 18.9 Å². The van der Waals surface area contributed by atoms with Crippen molar-refractivity contribution in [3.05, 3.63) is 78.2 Å². The van der Waals surface area contributed by atoms with E-state index in [1.807, 2.05) is 42.6 Å². The average Bonchev–Trinajstić information content (AvgIpc) is 3.34. The number of carbonyl (C=O) groups is 1. The molecule has 0 bridgehead atoms. The van der Waals surface area contributed by atoms with Gasteiger partial charge in [0, 0.05) is 40.6 Å². The van der Waals surface area contributed by atoms with Gasteiger partial charge in [0.2, 0.25) is 5.91 Å². The zero-order valence-corrected chi connectivity index (χ0v) is 16.4. The molecule has 1 aliphatic heterocycles. The fourth-order valence-corrected chi connectivity index (χ4v) is 3.89. The first-order valence-corrected chi connectivity index (χ1v) is 9.97. The van der Waals surface area contributed by atoms with E-state index in [0.717, 1.165) is 34.3 Å². The minimum atomic E-state index is -0.136. The number of benzene rings is 2. The maximum atomic E-state index is 11.6. The number of aromatic amines is 1. The molecule has 0 unspecified atom stereocenters. The van der Waals surface area contributed by atoms with Gasteiger partial charge in [0.1, 0.15) is 12.4 Å². The van der Waals surface area contributed by atoms with Crippen molar-refractivity contribution in [2.24, 2.45) is 5.73 Å². The number of rotatable bonds is 6. The van der Waals surface area contributed by atoms with Gasteiger partial charge in [-0.05, 0) is 41.3 Å². The zero-order chi connectivity index (χ0) is 20.5. The molecule has 4 aromatic rings. The van der Waals surface area contributed by atoms with Crippen molar-refractivity contribution >= 4 is 22.5 Å². The van der Waals surface area contributed by atoms with Crippen LogP contribution in [0.25, 0.3) is 22.0 Å². The number of hydrogen-bond donors (Lipinski definition) is 3. The Labute approximate surface area is 174 Å². The van der Waals surface area contributed by atoms with Crippen molar-refractivity contribution in [2.75, 3.05) is 11.9 Å². The van der Waals surface area contributed by atoms with Crippen molar-refractivity contribution in [1.82, 2.24) is 9.97 Å². The third kappa shape index (κ3) is 3.65. The lowest BCUT2D eigenvalue weighted by molar-refractivity contribution is -0.115. The van der Waals surface area contributed by atoms with Crippen LogP contribution in [0, 0.1) is 0 Å². The number of H-pyrrole nitrogens is 1. The van der Waals surface area contributed by atoms with Crippen LogP contribution in [-0.4, -0.2) is 28.5 Å². The normalized spacial score (nSPS) is 13.8. The van der Waals surface area contributed by atoms with Gasteiger partial charge in [0.15, 0.2) is 0 Å². The summed E-state index contributed by atoms with van der Waals surface area (Å²) in [6.07, 6.45) is 6.65. The monoisotopic (exact) mass is 398 g/mol. The molecular formula is C24H22N4O2. The molecule has 2 aromatic heterocycles. The lowest BCUT2D eigenvalue weighted by Gasteiger charge is -2.13. The SMILES string of the molecule is N[C@H](COc1cncc(-c2ccc3c(c2)NC(=O)C3)c1)Cc1c[nH]c2ccccc12. The number of amides is 1. The Morgan fingerprint density at radius 3 is 2.93 bits per heavy atom. The van der Waals surface area contributed by atoms with Gasteiger partial charge in [0.05, 0.1) is 12.6 Å². The number of aromatic nitrogens is 2. The largest absolute Gasteiger partial charge is 0.490 e. The lowest BCUT2D eigenvalue weighted by Crippen LogP contribution is -2.30. The highest BCUT2D eigenvalue weighted by Gasteiger charge is 2.18.